The summed E-state index contributed by atoms with van der Waals surface area (Å²) in [6.07, 6.45) is 7.39. The van der Waals surface area contributed by atoms with Crippen LogP contribution in [0.3, 0.4) is 0 Å². The molecule has 0 bridgehead atoms. The topological polar surface area (TPSA) is 64.3 Å². The van der Waals surface area contributed by atoms with Gasteiger partial charge in [0.15, 0.2) is 6.19 Å². The molecular weight excluding hydrogens is 238 g/mol. The predicted molar refractivity (Wildman–Crippen MR) is 65.0 cm³/mol. The molecule has 0 aliphatic carbocycles. The highest BCUT2D eigenvalue weighted by Crippen LogP contribution is 2.10. The third-order valence-electron chi connectivity index (χ3n) is 2.21. The van der Waals surface area contributed by atoms with Crippen LogP contribution in [0.15, 0.2) is 35.6 Å². The van der Waals surface area contributed by atoms with Gasteiger partial charge in [0.1, 0.15) is 5.15 Å². The second kappa shape index (κ2) is 5.32. The maximum absolute atomic E-state index is 8.62. The maximum Gasteiger partial charge on any atom is 0.212 e. The molecule has 1 aromatic heterocycles. The van der Waals surface area contributed by atoms with Crippen molar-refractivity contribution in [3.63, 3.8) is 0 Å². The molecule has 0 saturated heterocycles. The van der Waals surface area contributed by atoms with E-state index in [4.69, 9.17) is 16.9 Å². The molecule has 1 aliphatic rings. The van der Waals surface area contributed by atoms with Crippen LogP contribution in [0.5, 0.6) is 0 Å². The Morgan fingerprint density at radius 2 is 2.41 bits per heavy atom. The Morgan fingerprint density at radius 3 is 3.12 bits per heavy atom. The third kappa shape index (κ3) is 2.95. The van der Waals surface area contributed by atoms with Crippen molar-refractivity contribution in [1.82, 2.24) is 15.2 Å². The fourth-order valence-electron chi connectivity index (χ4n) is 1.46. The van der Waals surface area contributed by atoms with Crippen LogP contribution in [-0.2, 0) is 6.54 Å². The van der Waals surface area contributed by atoms with Gasteiger partial charge in [-0.05, 0) is 17.7 Å². The number of guanidine groups is 1. The minimum absolute atomic E-state index is 0.465. The highest BCUT2D eigenvalue weighted by atomic mass is 35.5. The lowest BCUT2D eigenvalue weighted by molar-refractivity contribution is 0.525. The van der Waals surface area contributed by atoms with Gasteiger partial charge in [-0.15, -0.1) is 0 Å². The first-order valence-corrected chi connectivity index (χ1v) is 5.40. The number of halogens is 1. The van der Waals surface area contributed by atoms with Gasteiger partial charge in [-0.3, -0.25) is 5.32 Å². The Bertz CT molecular complexity index is 486. The molecule has 0 spiro atoms. The van der Waals surface area contributed by atoms with Crippen molar-refractivity contribution >= 4 is 17.6 Å². The monoisotopic (exact) mass is 247 g/mol. The zero-order valence-corrected chi connectivity index (χ0v) is 9.72. The first-order chi connectivity index (χ1) is 8.29. The smallest absolute Gasteiger partial charge is 0.212 e. The van der Waals surface area contributed by atoms with E-state index in [-0.39, 0.29) is 0 Å². The summed E-state index contributed by atoms with van der Waals surface area (Å²) >= 11 is 5.71. The van der Waals surface area contributed by atoms with Gasteiger partial charge >= 0.3 is 0 Å². The summed E-state index contributed by atoms with van der Waals surface area (Å²) < 4.78 is 0. The number of rotatable bonds is 2. The fraction of sp³-hybridized carbons (Fsp3) is 0.182. The normalized spacial score (nSPS) is 14.1. The minimum Gasteiger partial charge on any atom is -0.314 e. The third-order valence-corrected chi connectivity index (χ3v) is 2.44. The summed E-state index contributed by atoms with van der Waals surface area (Å²) in [5.41, 5.74) is 0.994. The Hall–Kier alpha value is -2.06. The lowest BCUT2D eigenvalue weighted by Crippen LogP contribution is -2.36. The van der Waals surface area contributed by atoms with Crippen LogP contribution in [-0.4, -0.2) is 22.4 Å². The average molecular weight is 248 g/mol. The summed E-state index contributed by atoms with van der Waals surface area (Å²) in [4.78, 5) is 10.0. The van der Waals surface area contributed by atoms with Crippen LogP contribution < -0.4 is 5.32 Å². The molecule has 0 amide bonds. The van der Waals surface area contributed by atoms with Crippen molar-refractivity contribution in [2.75, 3.05) is 6.54 Å². The van der Waals surface area contributed by atoms with E-state index in [1.165, 1.54) is 0 Å². The predicted octanol–water partition coefficient (Wildman–Crippen LogP) is 1.49. The second-order valence-electron chi connectivity index (χ2n) is 3.40. The highest BCUT2D eigenvalue weighted by Gasteiger charge is 2.11. The maximum atomic E-state index is 8.62. The van der Waals surface area contributed by atoms with Crippen LogP contribution in [0.1, 0.15) is 5.56 Å². The van der Waals surface area contributed by atoms with Crippen molar-refractivity contribution in [1.29, 1.82) is 5.26 Å². The fourth-order valence-corrected chi connectivity index (χ4v) is 1.57. The van der Waals surface area contributed by atoms with E-state index in [2.05, 4.69) is 15.3 Å². The molecule has 0 fully saturated rings. The molecule has 2 heterocycles. The quantitative estimate of drug-likeness (QED) is 0.489. The summed E-state index contributed by atoms with van der Waals surface area (Å²) in [6, 6.07) is 3.63. The first kappa shape index (κ1) is 11.4. The molecule has 5 nitrogen and oxygen atoms in total. The standard InChI is InChI=1S/C11H10ClN5/c12-10-3-2-9(6-15-10)7-17-5-1-4-14-11(17)16-8-13/h1-3,5-6H,4,7H2,(H,14,16). The number of nitrogens with zero attached hydrogens (tertiary/aromatic N) is 4. The van der Waals surface area contributed by atoms with Gasteiger partial charge in [0.2, 0.25) is 5.96 Å². The van der Waals surface area contributed by atoms with E-state index in [1.54, 1.807) is 12.3 Å². The molecule has 6 heteroatoms. The zero-order chi connectivity index (χ0) is 12.1. The van der Waals surface area contributed by atoms with Gasteiger partial charge in [0, 0.05) is 12.4 Å². The molecule has 0 saturated carbocycles. The molecule has 1 aromatic rings. The lowest BCUT2D eigenvalue weighted by Gasteiger charge is -2.23. The first-order valence-electron chi connectivity index (χ1n) is 5.03. The molecule has 0 atom stereocenters. The molecule has 1 N–H and O–H groups in total. The SMILES string of the molecule is N#CNC1=NCC=CN1Cc1ccc(Cl)nc1. The largest absolute Gasteiger partial charge is 0.314 e. The Balaban J connectivity index is 2.09. The number of aliphatic imine (C=N–C) groups is 1. The summed E-state index contributed by atoms with van der Waals surface area (Å²) in [5, 5.41) is 11.6. The molecule has 0 radical (unpaired) electrons. The molecule has 2 rings (SSSR count). The van der Waals surface area contributed by atoms with Crippen molar-refractivity contribution in [3.05, 3.63) is 41.3 Å². The van der Waals surface area contributed by atoms with E-state index < -0.39 is 0 Å². The molecule has 86 valence electrons. The summed E-state index contributed by atoms with van der Waals surface area (Å²) in [7, 11) is 0. The number of pyridine rings is 1. The lowest BCUT2D eigenvalue weighted by atomic mass is 10.2. The van der Waals surface area contributed by atoms with Crippen LogP contribution in [0.25, 0.3) is 0 Å². The van der Waals surface area contributed by atoms with Crippen LogP contribution in [0.2, 0.25) is 5.15 Å². The molecule has 17 heavy (non-hydrogen) atoms. The van der Waals surface area contributed by atoms with Gasteiger partial charge in [0.25, 0.3) is 0 Å². The number of aromatic nitrogens is 1. The Morgan fingerprint density at radius 1 is 1.53 bits per heavy atom. The molecule has 0 aromatic carbocycles. The number of nitrogens with one attached hydrogen (secondary N) is 1. The van der Waals surface area contributed by atoms with Gasteiger partial charge < -0.3 is 4.90 Å². The molecular formula is C11H10ClN5. The summed E-state index contributed by atoms with van der Waals surface area (Å²) in [6.45, 7) is 1.17. The van der Waals surface area contributed by atoms with E-state index in [1.807, 2.05) is 29.4 Å². The number of hydrogen-bond acceptors (Lipinski definition) is 5. The van der Waals surface area contributed by atoms with Gasteiger partial charge in [-0.2, -0.15) is 5.26 Å². The van der Waals surface area contributed by atoms with Crippen LogP contribution in [0.4, 0.5) is 0 Å². The van der Waals surface area contributed by atoms with Crippen LogP contribution >= 0.6 is 11.6 Å². The molecule has 1 aliphatic heterocycles. The second-order valence-corrected chi connectivity index (χ2v) is 3.79. The van der Waals surface area contributed by atoms with Crippen molar-refractivity contribution < 1.29 is 0 Å². The van der Waals surface area contributed by atoms with E-state index in [9.17, 15) is 0 Å². The minimum atomic E-state index is 0.465. The van der Waals surface area contributed by atoms with E-state index in [0.717, 1.165) is 5.56 Å². The van der Waals surface area contributed by atoms with Gasteiger partial charge in [0.05, 0.1) is 13.1 Å². The number of nitriles is 1. The van der Waals surface area contributed by atoms with Gasteiger partial charge in [-0.25, -0.2) is 9.98 Å². The highest BCUT2D eigenvalue weighted by molar-refractivity contribution is 6.29. The Kier molecular flexibility index (Phi) is 3.58. The zero-order valence-electron chi connectivity index (χ0n) is 8.97. The van der Waals surface area contributed by atoms with Crippen molar-refractivity contribution in [3.8, 4) is 6.19 Å². The Labute approximate surface area is 104 Å². The summed E-state index contributed by atoms with van der Waals surface area (Å²) in [5.74, 6) is 0.546. The molecule has 0 unspecified atom stereocenters. The number of hydrogen-bond donors (Lipinski definition) is 1. The van der Waals surface area contributed by atoms with E-state index >= 15 is 0 Å². The van der Waals surface area contributed by atoms with Crippen molar-refractivity contribution in [2.45, 2.75) is 6.54 Å². The van der Waals surface area contributed by atoms with E-state index in [0.29, 0.717) is 24.2 Å². The van der Waals surface area contributed by atoms with Crippen LogP contribution in [0, 0.1) is 11.5 Å². The average Bonchev–Trinajstić information content (AvgIpc) is 2.35. The van der Waals surface area contributed by atoms with Gasteiger partial charge in [-0.1, -0.05) is 17.7 Å². The van der Waals surface area contributed by atoms with Crippen molar-refractivity contribution in [2.24, 2.45) is 4.99 Å².